The molecule has 3 atom stereocenters. The summed E-state index contributed by atoms with van der Waals surface area (Å²) in [6.45, 7) is 2.48. The molecule has 3 heterocycles. The molecule has 0 spiro atoms. The predicted octanol–water partition coefficient (Wildman–Crippen LogP) is 4.55. The van der Waals surface area contributed by atoms with Gasteiger partial charge in [0.2, 0.25) is 5.91 Å². The van der Waals surface area contributed by atoms with Crippen molar-refractivity contribution in [2.45, 2.75) is 24.9 Å². The van der Waals surface area contributed by atoms with Crippen molar-refractivity contribution in [1.82, 2.24) is 9.80 Å². The fourth-order valence-corrected chi connectivity index (χ4v) is 5.60. The van der Waals surface area contributed by atoms with Crippen molar-refractivity contribution in [3.8, 4) is 0 Å². The zero-order valence-corrected chi connectivity index (χ0v) is 18.6. The van der Waals surface area contributed by atoms with E-state index in [9.17, 15) is 9.59 Å². The van der Waals surface area contributed by atoms with Crippen LogP contribution in [0, 0.1) is 5.92 Å². The number of imide groups is 1. The molecule has 2 amide bonds. The number of cyclic esters (lactones) is 1. The molecular formula is C26H26N2O3S. The molecule has 5 rings (SSSR count). The van der Waals surface area contributed by atoms with Crippen LogP contribution in [0.3, 0.4) is 0 Å². The Morgan fingerprint density at radius 3 is 2.38 bits per heavy atom. The third kappa shape index (κ3) is 4.33. The molecule has 2 fully saturated rings. The van der Waals surface area contributed by atoms with Crippen molar-refractivity contribution in [2.75, 3.05) is 19.7 Å². The van der Waals surface area contributed by atoms with Crippen molar-refractivity contribution in [3.05, 3.63) is 94.2 Å². The minimum atomic E-state index is -0.512. The van der Waals surface area contributed by atoms with E-state index in [0.29, 0.717) is 13.0 Å². The molecule has 2 aliphatic heterocycles. The molecule has 0 aliphatic carbocycles. The summed E-state index contributed by atoms with van der Waals surface area (Å²) in [5.41, 5.74) is 3.50. The van der Waals surface area contributed by atoms with Crippen LogP contribution in [0.1, 0.15) is 22.6 Å². The van der Waals surface area contributed by atoms with Crippen LogP contribution in [0.15, 0.2) is 77.5 Å². The van der Waals surface area contributed by atoms with E-state index in [1.54, 1.807) is 11.3 Å². The maximum atomic E-state index is 13.8. The minimum absolute atomic E-state index is 0.0724. The van der Waals surface area contributed by atoms with Crippen LogP contribution < -0.4 is 0 Å². The highest BCUT2D eigenvalue weighted by Crippen LogP contribution is 2.37. The molecule has 3 aromatic rings. The number of hydrogen-bond acceptors (Lipinski definition) is 5. The van der Waals surface area contributed by atoms with Gasteiger partial charge in [0, 0.05) is 25.6 Å². The van der Waals surface area contributed by atoms with Gasteiger partial charge < -0.3 is 4.74 Å². The highest BCUT2D eigenvalue weighted by atomic mass is 32.1. The Morgan fingerprint density at radius 2 is 1.69 bits per heavy atom. The lowest BCUT2D eigenvalue weighted by Gasteiger charge is -2.25. The Kier molecular flexibility index (Phi) is 6.06. The first-order valence-electron chi connectivity index (χ1n) is 11.0. The summed E-state index contributed by atoms with van der Waals surface area (Å²) < 4.78 is 5.33. The van der Waals surface area contributed by atoms with Gasteiger partial charge in [0.1, 0.15) is 6.61 Å². The highest BCUT2D eigenvalue weighted by molar-refractivity contribution is 7.08. The molecule has 1 aromatic heterocycles. The molecule has 32 heavy (non-hydrogen) atoms. The van der Waals surface area contributed by atoms with E-state index >= 15 is 0 Å². The molecule has 2 saturated heterocycles. The summed E-state index contributed by atoms with van der Waals surface area (Å²) >= 11 is 1.65. The summed E-state index contributed by atoms with van der Waals surface area (Å²) in [5, 5.41) is 4.18. The molecule has 2 aliphatic rings. The number of thiophene rings is 1. The van der Waals surface area contributed by atoms with Crippen LogP contribution in [0.2, 0.25) is 0 Å². The number of nitrogens with zero attached hydrogens (tertiary/aromatic N) is 2. The molecule has 0 bridgehead atoms. The number of hydrogen-bond donors (Lipinski definition) is 0. The van der Waals surface area contributed by atoms with Crippen LogP contribution in [-0.2, 0) is 22.5 Å². The Hall–Kier alpha value is -2.96. The normalized spacial score (nSPS) is 23.4. The van der Waals surface area contributed by atoms with Crippen molar-refractivity contribution in [3.63, 3.8) is 0 Å². The second-order valence-electron chi connectivity index (χ2n) is 8.58. The Bertz CT molecular complexity index is 1060. The van der Waals surface area contributed by atoms with E-state index in [0.717, 1.165) is 18.7 Å². The zero-order valence-electron chi connectivity index (χ0n) is 17.8. The summed E-state index contributed by atoms with van der Waals surface area (Å²) in [6, 6.07) is 22.1. The first-order valence-corrected chi connectivity index (χ1v) is 12.0. The topological polar surface area (TPSA) is 49.9 Å². The van der Waals surface area contributed by atoms with Gasteiger partial charge in [0.05, 0.1) is 12.0 Å². The van der Waals surface area contributed by atoms with Crippen LogP contribution in [0.4, 0.5) is 4.79 Å². The number of amides is 2. The van der Waals surface area contributed by atoms with Gasteiger partial charge in [-0.2, -0.15) is 11.3 Å². The number of ether oxygens (including phenoxy) is 1. The second-order valence-corrected chi connectivity index (χ2v) is 9.36. The number of carbonyl (C=O) groups is 2. The van der Waals surface area contributed by atoms with Gasteiger partial charge in [0.15, 0.2) is 0 Å². The average Bonchev–Trinajstić information content (AvgIpc) is 3.55. The van der Waals surface area contributed by atoms with Crippen molar-refractivity contribution in [1.29, 1.82) is 0 Å². The van der Waals surface area contributed by atoms with Gasteiger partial charge in [-0.05, 0) is 39.9 Å². The SMILES string of the molecule is O=C1OC[C@H](Cc2ccccc2)N1C(=O)[C@H]1CN(Cc2ccccc2)C[C@H]1c1ccsc1. The van der Waals surface area contributed by atoms with Gasteiger partial charge in [-0.3, -0.25) is 9.69 Å². The minimum Gasteiger partial charge on any atom is -0.447 e. The maximum absolute atomic E-state index is 13.8. The number of carbonyl (C=O) groups excluding carboxylic acids is 2. The van der Waals surface area contributed by atoms with Crippen LogP contribution in [0.25, 0.3) is 0 Å². The second kappa shape index (κ2) is 9.27. The molecule has 0 N–H and O–H groups in total. The summed E-state index contributed by atoms with van der Waals surface area (Å²) in [6.07, 6.45) is 0.100. The quantitative estimate of drug-likeness (QED) is 0.557. The Balaban J connectivity index is 1.37. The third-order valence-corrected chi connectivity index (χ3v) is 7.15. The lowest BCUT2D eigenvalue weighted by molar-refractivity contribution is -0.133. The zero-order chi connectivity index (χ0) is 21.9. The summed E-state index contributed by atoms with van der Waals surface area (Å²) in [7, 11) is 0. The first-order chi connectivity index (χ1) is 15.7. The highest BCUT2D eigenvalue weighted by Gasteiger charge is 2.46. The number of benzene rings is 2. The fourth-order valence-electron chi connectivity index (χ4n) is 4.88. The summed E-state index contributed by atoms with van der Waals surface area (Å²) in [5.74, 6) is -0.305. The fraction of sp³-hybridized carbons (Fsp3) is 0.308. The van der Waals surface area contributed by atoms with Gasteiger partial charge in [0.25, 0.3) is 0 Å². The van der Waals surface area contributed by atoms with Crippen molar-refractivity contribution < 1.29 is 14.3 Å². The Labute approximate surface area is 192 Å². The molecule has 0 unspecified atom stereocenters. The van der Waals surface area contributed by atoms with Crippen molar-refractivity contribution >= 4 is 23.3 Å². The van der Waals surface area contributed by atoms with E-state index in [4.69, 9.17) is 4.74 Å². The van der Waals surface area contributed by atoms with Crippen LogP contribution in [-0.4, -0.2) is 47.5 Å². The predicted molar refractivity (Wildman–Crippen MR) is 124 cm³/mol. The van der Waals surface area contributed by atoms with Crippen LogP contribution >= 0.6 is 11.3 Å². The van der Waals surface area contributed by atoms with Gasteiger partial charge in [-0.15, -0.1) is 0 Å². The maximum Gasteiger partial charge on any atom is 0.416 e. The Morgan fingerprint density at radius 1 is 0.969 bits per heavy atom. The number of likely N-dealkylation sites (tertiary alicyclic amines) is 1. The molecule has 0 saturated carbocycles. The summed E-state index contributed by atoms with van der Waals surface area (Å²) in [4.78, 5) is 30.1. The largest absolute Gasteiger partial charge is 0.447 e. The molecular weight excluding hydrogens is 420 g/mol. The first kappa shape index (κ1) is 20.9. The molecule has 5 nitrogen and oxygen atoms in total. The number of rotatable bonds is 6. The molecule has 2 aromatic carbocycles. The molecule has 164 valence electrons. The van der Waals surface area contributed by atoms with E-state index in [1.807, 2.05) is 48.5 Å². The van der Waals surface area contributed by atoms with Crippen molar-refractivity contribution in [2.24, 2.45) is 5.92 Å². The smallest absolute Gasteiger partial charge is 0.416 e. The van der Waals surface area contributed by atoms with E-state index in [2.05, 4.69) is 33.9 Å². The lowest BCUT2D eigenvalue weighted by Crippen LogP contribution is -2.45. The third-order valence-electron chi connectivity index (χ3n) is 6.45. The van der Waals surface area contributed by atoms with Gasteiger partial charge >= 0.3 is 6.09 Å². The van der Waals surface area contributed by atoms with E-state index < -0.39 is 6.09 Å². The average molecular weight is 447 g/mol. The standard InChI is InChI=1S/C26H26N2O3S/c29-25(28-22(17-31-26(28)30)13-19-7-3-1-4-8-19)24-16-27(14-20-9-5-2-6-10-20)15-23(24)21-11-12-32-18-21/h1-12,18,22-24H,13-17H2/t22-,23-,24-/m0/s1. The van der Waals surface area contributed by atoms with Gasteiger partial charge in [-0.25, -0.2) is 9.69 Å². The van der Waals surface area contributed by atoms with E-state index in [1.165, 1.54) is 16.0 Å². The molecule has 6 heteroatoms. The molecule has 0 radical (unpaired) electrons. The van der Waals surface area contributed by atoms with Crippen LogP contribution in [0.5, 0.6) is 0 Å². The lowest BCUT2D eigenvalue weighted by atomic mass is 9.89. The van der Waals surface area contributed by atoms with E-state index in [-0.39, 0.29) is 30.4 Å². The monoisotopic (exact) mass is 446 g/mol. The van der Waals surface area contributed by atoms with Gasteiger partial charge in [-0.1, -0.05) is 60.7 Å².